The van der Waals surface area contributed by atoms with E-state index in [2.05, 4.69) is 25.9 Å². The molecular weight excluding hydrogens is 280 g/mol. The molecule has 17 heavy (non-hydrogen) atoms. The number of halogens is 1. The van der Waals surface area contributed by atoms with Gasteiger partial charge in [-0.15, -0.1) is 0 Å². The lowest BCUT2D eigenvalue weighted by Gasteiger charge is -2.05. The topological polar surface area (TPSA) is 35.0 Å². The van der Waals surface area contributed by atoms with Crippen LogP contribution in [0.25, 0.3) is 0 Å². The van der Waals surface area contributed by atoms with E-state index in [1.807, 2.05) is 36.7 Å². The zero-order valence-electron chi connectivity index (χ0n) is 9.34. The molecule has 0 aliphatic heterocycles. The molecule has 0 N–H and O–H groups in total. The molecule has 2 rings (SSSR count). The van der Waals surface area contributed by atoms with Crippen molar-refractivity contribution < 1.29 is 4.74 Å². The monoisotopic (exact) mass is 292 g/mol. The minimum absolute atomic E-state index is 0.669. The summed E-state index contributed by atoms with van der Waals surface area (Å²) in [5, 5.41) is 0. The number of hydrogen-bond donors (Lipinski definition) is 0. The number of pyridine rings is 2. The summed E-state index contributed by atoms with van der Waals surface area (Å²) in [5.74, 6) is 0.669. The van der Waals surface area contributed by atoms with Gasteiger partial charge >= 0.3 is 0 Å². The predicted molar refractivity (Wildman–Crippen MR) is 70.0 cm³/mol. The molecule has 0 unspecified atom stereocenters. The van der Waals surface area contributed by atoms with Gasteiger partial charge in [0.15, 0.2) is 0 Å². The van der Waals surface area contributed by atoms with Gasteiger partial charge in [-0.3, -0.25) is 4.98 Å². The van der Waals surface area contributed by atoms with Gasteiger partial charge in [0, 0.05) is 29.1 Å². The highest BCUT2D eigenvalue weighted by atomic mass is 79.9. The van der Waals surface area contributed by atoms with E-state index < -0.39 is 0 Å². The Labute approximate surface area is 109 Å². The number of hydrogen-bond acceptors (Lipinski definition) is 3. The van der Waals surface area contributed by atoms with Gasteiger partial charge in [-0.05, 0) is 52.5 Å². The summed E-state index contributed by atoms with van der Waals surface area (Å²) in [6.07, 6.45) is 7.33. The zero-order chi connectivity index (χ0) is 11.9. The van der Waals surface area contributed by atoms with Crippen molar-refractivity contribution >= 4 is 15.9 Å². The summed E-state index contributed by atoms with van der Waals surface area (Å²) in [6, 6.07) is 7.83. The lowest BCUT2D eigenvalue weighted by atomic mass is 10.1. The molecule has 0 saturated carbocycles. The molecule has 0 amide bonds. The van der Waals surface area contributed by atoms with Crippen LogP contribution in [0.3, 0.4) is 0 Å². The van der Waals surface area contributed by atoms with Gasteiger partial charge in [0.25, 0.3) is 0 Å². The Morgan fingerprint density at radius 3 is 2.65 bits per heavy atom. The molecule has 2 heterocycles. The lowest BCUT2D eigenvalue weighted by molar-refractivity contribution is 0.299. The highest BCUT2D eigenvalue weighted by molar-refractivity contribution is 9.10. The van der Waals surface area contributed by atoms with Gasteiger partial charge in [-0.25, -0.2) is 4.98 Å². The van der Waals surface area contributed by atoms with Crippen molar-refractivity contribution in [3.8, 4) is 5.88 Å². The second-order valence-corrected chi connectivity index (χ2v) is 4.54. The van der Waals surface area contributed by atoms with E-state index in [1.165, 1.54) is 5.56 Å². The van der Waals surface area contributed by atoms with Crippen LogP contribution >= 0.6 is 15.9 Å². The summed E-state index contributed by atoms with van der Waals surface area (Å²) in [7, 11) is 0. The van der Waals surface area contributed by atoms with Crippen LogP contribution in [0.2, 0.25) is 0 Å². The molecule has 0 radical (unpaired) electrons. The van der Waals surface area contributed by atoms with Crippen molar-refractivity contribution in [2.45, 2.75) is 12.8 Å². The minimum atomic E-state index is 0.669. The Bertz CT molecular complexity index is 445. The third kappa shape index (κ3) is 4.15. The van der Waals surface area contributed by atoms with Crippen molar-refractivity contribution in [1.29, 1.82) is 0 Å². The largest absolute Gasteiger partial charge is 0.478 e. The summed E-state index contributed by atoms with van der Waals surface area (Å²) < 4.78 is 6.49. The SMILES string of the molecule is Brc1ccc(OCCCc2ccncc2)nc1. The highest BCUT2D eigenvalue weighted by Gasteiger charge is 1.96. The van der Waals surface area contributed by atoms with Crippen LogP contribution in [-0.2, 0) is 6.42 Å². The Morgan fingerprint density at radius 1 is 1.12 bits per heavy atom. The Morgan fingerprint density at radius 2 is 1.94 bits per heavy atom. The molecule has 88 valence electrons. The van der Waals surface area contributed by atoms with Crippen LogP contribution in [0.4, 0.5) is 0 Å². The number of rotatable bonds is 5. The maximum atomic E-state index is 5.54. The van der Waals surface area contributed by atoms with Crippen LogP contribution in [0.5, 0.6) is 5.88 Å². The van der Waals surface area contributed by atoms with Gasteiger partial charge in [-0.2, -0.15) is 0 Å². The molecule has 0 aliphatic carbocycles. The van der Waals surface area contributed by atoms with E-state index >= 15 is 0 Å². The van der Waals surface area contributed by atoms with E-state index in [1.54, 1.807) is 6.20 Å². The highest BCUT2D eigenvalue weighted by Crippen LogP contribution is 2.12. The fourth-order valence-corrected chi connectivity index (χ4v) is 1.68. The molecule has 2 aromatic heterocycles. The standard InChI is InChI=1S/C13H13BrN2O/c14-12-3-4-13(16-10-12)17-9-1-2-11-5-7-15-8-6-11/h3-8,10H,1-2,9H2. The molecule has 3 nitrogen and oxygen atoms in total. The van der Waals surface area contributed by atoms with Crippen molar-refractivity contribution in [2.75, 3.05) is 6.61 Å². The maximum absolute atomic E-state index is 5.54. The maximum Gasteiger partial charge on any atom is 0.213 e. The van der Waals surface area contributed by atoms with Gasteiger partial charge in [0.2, 0.25) is 5.88 Å². The van der Waals surface area contributed by atoms with E-state index in [4.69, 9.17) is 4.74 Å². The molecule has 0 aliphatic rings. The molecule has 4 heteroatoms. The molecule has 0 spiro atoms. The Kier molecular flexibility index (Phi) is 4.50. The molecule has 0 saturated heterocycles. The first-order valence-corrected chi connectivity index (χ1v) is 6.27. The minimum Gasteiger partial charge on any atom is -0.478 e. The summed E-state index contributed by atoms with van der Waals surface area (Å²) in [6.45, 7) is 0.678. The zero-order valence-corrected chi connectivity index (χ0v) is 10.9. The molecular formula is C13H13BrN2O. The van der Waals surface area contributed by atoms with Gasteiger partial charge in [0.1, 0.15) is 0 Å². The molecule has 0 aromatic carbocycles. The third-order valence-corrected chi connectivity index (χ3v) is 2.78. The van der Waals surface area contributed by atoms with Crippen LogP contribution in [0, 0.1) is 0 Å². The number of ether oxygens (including phenoxy) is 1. The fraction of sp³-hybridized carbons (Fsp3) is 0.231. The first-order chi connectivity index (χ1) is 8.34. The van der Waals surface area contributed by atoms with Crippen LogP contribution in [-0.4, -0.2) is 16.6 Å². The number of aryl methyl sites for hydroxylation is 1. The quantitative estimate of drug-likeness (QED) is 0.794. The van der Waals surface area contributed by atoms with E-state index in [9.17, 15) is 0 Å². The molecule has 0 fully saturated rings. The van der Waals surface area contributed by atoms with Gasteiger partial charge in [0.05, 0.1) is 6.61 Å². The Hall–Kier alpha value is -1.42. The smallest absolute Gasteiger partial charge is 0.213 e. The van der Waals surface area contributed by atoms with Crippen molar-refractivity contribution in [1.82, 2.24) is 9.97 Å². The second-order valence-electron chi connectivity index (χ2n) is 3.62. The van der Waals surface area contributed by atoms with Gasteiger partial charge in [-0.1, -0.05) is 0 Å². The number of aromatic nitrogens is 2. The molecule has 0 bridgehead atoms. The third-order valence-electron chi connectivity index (χ3n) is 2.31. The first-order valence-electron chi connectivity index (χ1n) is 5.48. The van der Waals surface area contributed by atoms with Gasteiger partial charge < -0.3 is 4.74 Å². The normalized spacial score (nSPS) is 10.2. The summed E-state index contributed by atoms with van der Waals surface area (Å²) >= 11 is 3.33. The predicted octanol–water partition coefficient (Wildman–Crippen LogP) is 3.25. The average Bonchev–Trinajstić information content (AvgIpc) is 2.38. The summed E-state index contributed by atoms with van der Waals surface area (Å²) in [5.41, 5.74) is 1.28. The van der Waals surface area contributed by atoms with E-state index in [0.29, 0.717) is 12.5 Å². The van der Waals surface area contributed by atoms with Crippen molar-refractivity contribution in [3.63, 3.8) is 0 Å². The molecule has 2 aromatic rings. The van der Waals surface area contributed by atoms with Crippen molar-refractivity contribution in [2.24, 2.45) is 0 Å². The average molecular weight is 293 g/mol. The Balaban J connectivity index is 1.71. The molecule has 0 atom stereocenters. The van der Waals surface area contributed by atoms with Crippen LogP contribution in [0.15, 0.2) is 47.3 Å². The van der Waals surface area contributed by atoms with Crippen LogP contribution < -0.4 is 4.74 Å². The second kappa shape index (κ2) is 6.35. The number of nitrogens with zero attached hydrogens (tertiary/aromatic N) is 2. The first kappa shape index (κ1) is 12.0. The van der Waals surface area contributed by atoms with Crippen molar-refractivity contribution in [3.05, 3.63) is 52.9 Å². The van der Waals surface area contributed by atoms with E-state index in [0.717, 1.165) is 17.3 Å². The lowest BCUT2D eigenvalue weighted by Crippen LogP contribution is -2.00. The van der Waals surface area contributed by atoms with E-state index in [-0.39, 0.29) is 0 Å². The summed E-state index contributed by atoms with van der Waals surface area (Å²) in [4.78, 5) is 8.13. The fourth-order valence-electron chi connectivity index (χ4n) is 1.45. The van der Waals surface area contributed by atoms with Crippen LogP contribution in [0.1, 0.15) is 12.0 Å².